The smallest absolute Gasteiger partial charge is 0.146 e. The second kappa shape index (κ2) is 3.00. The fourth-order valence-corrected chi connectivity index (χ4v) is 0.596. The SMILES string of the molecule is O=NCc1ncccc1F. The maximum Gasteiger partial charge on any atom is 0.146 e. The van der Waals surface area contributed by atoms with Crippen LogP contribution in [0.15, 0.2) is 23.5 Å². The molecule has 0 saturated carbocycles. The number of aromatic nitrogens is 1. The summed E-state index contributed by atoms with van der Waals surface area (Å²) in [5.41, 5.74) is 0.0949. The Kier molecular flexibility index (Phi) is 2.04. The van der Waals surface area contributed by atoms with Crippen LogP contribution in [-0.4, -0.2) is 4.98 Å². The zero-order chi connectivity index (χ0) is 7.40. The highest BCUT2D eigenvalue weighted by molar-refractivity contribution is 5.06. The van der Waals surface area contributed by atoms with E-state index in [0.717, 1.165) is 0 Å². The number of pyridine rings is 1. The number of rotatable bonds is 2. The molecule has 0 unspecified atom stereocenters. The van der Waals surface area contributed by atoms with Crippen molar-refractivity contribution in [2.24, 2.45) is 5.18 Å². The maximum absolute atomic E-state index is 12.5. The third kappa shape index (κ3) is 1.34. The molecule has 0 aliphatic carbocycles. The van der Waals surface area contributed by atoms with Crippen molar-refractivity contribution in [3.8, 4) is 0 Å². The van der Waals surface area contributed by atoms with Gasteiger partial charge in [-0.15, -0.1) is 0 Å². The normalized spacial score (nSPS) is 9.30. The molecule has 4 heteroatoms. The Morgan fingerprint density at radius 3 is 3.10 bits per heavy atom. The Balaban J connectivity index is 2.91. The molecule has 0 bridgehead atoms. The standard InChI is InChI=1S/C6H5FN2O/c7-5-2-1-3-8-6(5)4-9-10/h1-3H,4H2. The van der Waals surface area contributed by atoms with Crippen LogP contribution in [0, 0.1) is 10.7 Å². The van der Waals surface area contributed by atoms with Gasteiger partial charge < -0.3 is 0 Å². The predicted octanol–water partition coefficient (Wildman–Crippen LogP) is 1.49. The van der Waals surface area contributed by atoms with E-state index in [1.807, 2.05) is 0 Å². The minimum Gasteiger partial charge on any atom is -0.256 e. The van der Waals surface area contributed by atoms with Crippen LogP contribution in [0.5, 0.6) is 0 Å². The van der Waals surface area contributed by atoms with E-state index >= 15 is 0 Å². The minimum atomic E-state index is -0.484. The highest BCUT2D eigenvalue weighted by Gasteiger charge is 1.99. The molecule has 0 spiro atoms. The summed E-state index contributed by atoms with van der Waals surface area (Å²) in [7, 11) is 0. The number of nitroso groups, excluding NO2 is 1. The van der Waals surface area contributed by atoms with Crippen molar-refractivity contribution in [3.05, 3.63) is 34.7 Å². The Morgan fingerprint density at radius 1 is 1.70 bits per heavy atom. The molecule has 0 amide bonds. The molecule has 0 atom stereocenters. The lowest BCUT2D eigenvalue weighted by Crippen LogP contribution is -1.90. The zero-order valence-corrected chi connectivity index (χ0v) is 5.12. The number of hydrogen-bond acceptors (Lipinski definition) is 3. The fourth-order valence-electron chi connectivity index (χ4n) is 0.596. The molecule has 3 nitrogen and oxygen atoms in total. The van der Waals surface area contributed by atoms with Crippen molar-refractivity contribution in [1.29, 1.82) is 0 Å². The lowest BCUT2D eigenvalue weighted by molar-refractivity contribution is 0.599. The van der Waals surface area contributed by atoms with E-state index in [-0.39, 0.29) is 12.2 Å². The van der Waals surface area contributed by atoms with Gasteiger partial charge in [0.1, 0.15) is 18.1 Å². The number of hydrogen-bond donors (Lipinski definition) is 0. The molecule has 0 saturated heterocycles. The second-order valence-electron chi connectivity index (χ2n) is 1.72. The first-order valence-corrected chi connectivity index (χ1v) is 2.73. The highest BCUT2D eigenvalue weighted by atomic mass is 19.1. The molecule has 0 radical (unpaired) electrons. The summed E-state index contributed by atoms with van der Waals surface area (Å²) < 4.78 is 12.5. The molecule has 1 heterocycles. The summed E-state index contributed by atoms with van der Waals surface area (Å²) in [5, 5.41) is 2.51. The van der Waals surface area contributed by atoms with Gasteiger partial charge in [-0.25, -0.2) is 4.39 Å². The van der Waals surface area contributed by atoms with Crippen molar-refractivity contribution >= 4 is 0 Å². The molecule has 52 valence electrons. The van der Waals surface area contributed by atoms with Crippen molar-refractivity contribution in [3.63, 3.8) is 0 Å². The molecule has 0 aliphatic heterocycles. The van der Waals surface area contributed by atoms with Crippen LogP contribution in [0.4, 0.5) is 4.39 Å². The molecule has 0 fully saturated rings. The molecule has 0 aliphatic rings. The molecule has 1 rings (SSSR count). The van der Waals surface area contributed by atoms with Gasteiger partial charge in [0.25, 0.3) is 0 Å². The maximum atomic E-state index is 12.5. The zero-order valence-electron chi connectivity index (χ0n) is 5.12. The van der Waals surface area contributed by atoms with E-state index in [1.165, 1.54) is 18.3 Å². The molecule has 0 N–H and O–H groups in total. The van der Waals surface area contributed by atoms with Crippen LogP contribution in [0.25, 0.3) is 0 Å². The Labute approximate surface area is 56.9 Å². The quantitative estimate of drug-likeness (QED) is 0.584. The summed E-state index contributed by atoms with van der Waals surface area (Å²) >= 11 is 0. The average molecular weight is 140 g/mol. The third-order valence-electron chi connectivity index (χ3n) is 1.05. The van der Waals surface area contributed by atoms with E-state index in [1.54, 1.807) is 0 Å². The summed E-state index contributed by atoms with van der Waals surface area (Å²) in [6.45, 7) is -0.202. The highest BCUT2D eigenvalue weighted by Crippen LogP contribution is 2.02. The summed E-state index contributed by atoms with van der Waals surface area (Å²) in [5.74, 6) is -0.484. The monoisotopic (exact) mass is 140 g/mol. The van der Waals surface area contributed by atoms with Crippen molar-refractivity contribution in [2.45, 2.75) is 6.54 Å². The van der Waals surface area contributed by atoms with Crippen LogP contribution in [0.3, 0.4) is 0 Å². The summed E-state index contributed by atoms with van der Waals surface area (Å²) in [4.78, 5) is 13.3. The van der Waals surface area contributed by atoms with Crippen molar-refractivity contribution in [1.82, 2.24) is 4.98 Å². The lowest BCUT2D eigenvalue weighted by Gasteiger charge is -1.92. The van der Waals surface area contributed by atoms with Crippen molar-refractivity contribution < 1.29 is 4.39 Å². The van der Waals surface area contributed by atoms with Gasteiger partial charge in [0.2, 0.25) is 0 Å². The average Bonchev–Trinajstić information content (AvgIpc) is 1.94. The number of halogens is 1. The molecule has 1 aromatic heterocycles. The first kappa shape index (κ1) is 6.80. The Bertz CT molecular complexity index is 239. The van der Waals surface area contributed by atoms with Crippen LogP contribution in [-0.2, 0) is 6.54 Å². The van der Waals surface area contributed by atoms with Crippen LogP contribution in [0.2, 0.25) is 0 Å². The molecule has 10 heavy (non-hydrogen) atoms. The van der Waals surface area contributed by atoms with E-state index in [9.17, 15) is 9.30 Å². The first-order chi connectivity index (χ1) is 4.84. The third-order valence-corrected chi connectivity index (χ3v) is 1.05. The van der Waals surface area contributed by atoms with Crippen LogP contribution in [0.1, 0.15) is 5.69 Å². The second-order valence-corrected chi connectivity index (χ2v) is 1.72. The van der Waals surface area contributed by atoms with Gasteiger partial charge in [0.15, 0.2) is 0 Å². The summed E-state index contributed by atoms with van der Waals surface area (Å²) in [6.07, 6.45) is 1.42. The van der Waals surface area contributed by atoms with Crippen molar-refractivity contribution in [2.75, 3.05) is 0 Å². The van der Waals surface area contributed by atoms with Gasteiger partial charge in [-0.2, -0.15) is 4.91 Å². The van der Waals surface area contributed by atoms with E-state index in [4.69, 9.17) is 0 Å². The van der Waals surface area contributed by atoms with Gasteiger partial charge in [-0.1, -0.05) is 5.18 Å². The van der Waals surface area contributed by atoms with Gasteiger partial charge in [-0.3, -0.25) is 4.98 Å². The topological polar surface area (TPSA) is 42.3 Å². The van der Waals surface area contributed by atoms with Gasteiger partial charge in [0.05, 0.1) is 0 Å². The largest absolute Gasteiger partial charge is 0.256 e. The van der Waals surface area contributed by atoms with Gasteiger partial charge in [0, 0.05) is 6.20 Å². The lowest BCUT2D eigenvalue weighted by atomic mass is 10.3. The Hall–Kier alpha value is -1.32. The number of nitrogens with zero attached hydrogens (tertiary/aromatic N) is 2. The predicted molar refractivity (Wildman–Crippen MR) is 33.7 cm³/mol. The van der Waals surface area contributed by atoms with E-state index in [0.29, 0.717) is 0 Å². The molecular formula is C6H5FN2O. The van der Waals surface area contributed by atoms with Crippen LogP contribution < -0.4 is 0 Å². The van der Waals surface area contributed by atoms with Gasteiger partial charge >= 0.3 is 0 Å². The van der Waals surface area contributed by atoms with E-state index in [2.05, 4.69) is 10.2 Å². The minimum absolute atomic E-state index is 0.0949. The first-order valence-electron chi connectivity index (χ1n) is 2.73. The fraction of sp³-hybridized carbons (Fsp3) is 0.167. The van der Waals surface area contributed by atoms with Crippen LogP contribution >= 0.6 is 0 Å². The molecule has 0 aromatic carbocycles. The molecular weight excluding hydrogens is 135 g/mol. The van der Waals surface area contributed by atoms with Gasteiger partial charge in [-0.05, 0) is 12.1 Å². The molecule has 1 aromatic rings. The Morgan fingerprint density at radius 2 is 2.50 bits per heavy atom. The summed E-state index contributed by atoms with van der Waals surface area (Å²) in [6, 6.07) is 2.71. The van der Waals surface area contributed by atoms with E-state index < -0.39 is 5.82 Å².